The molecule has 2 saturated heterocycles. The Hall–Kier alpha value is -13.4. The van der Waals surface area contributed by atoms with Crippen LogP contribution < -0.4 is 53.7 Å². The summed E-state index contributed by atoms with van der Waals surface area (Å²) in [7, 11) is 0. The maximum Gasteiger partial charge on any atom is 0.369 e. The van der Waals surface area contributed by atoms with Gasteiger partial charge in [-0.3, -0.25) is 44.0 Å². The Morgan fingerprint density at radius 3 is 1.01 bits per heavy atom. The summed E-state index contributed by atoms with van der Waals surface area (Å²) in [4.78, 5) is 104. The third-order valence-corrected chi connectivity index (χ3v) is 20.8. The highest BCUT2D eigenvalue weighted by Gasteiger charge is 2.21. The first-order valence-electron chi connectivity index (χ1n) is 41.6. The van der Waals surface area contributed by atoms with E-state index in [9.17, 15) is 24.3 Å². The van der Waals surface area contributed by atoms with E-state index in [-0.39, 0.29) is 31.2 Å². The van der Waals surface area contributed by atoms with Gasteiger partial charge < -0.3 is 68.3 Å². The zero-order chi connectivity index (χ0) is 93.8. The molecule has 0 saturated carbocycles. The minimum atomic E-state index is -0.549. The molecule has 2 aliphatic rings. The molecule has 37 heteroatoms. The number of nitrogens with zero attached hydrogens (tertiary/aromatic N) is 13. The van der Waals surface area contributed by atoms with E-state index in [4.69, 9.17) is 85.0 Å². The highest BCUT2D eigenvalue weighted by atomic mass is 79.9. The summed E-state index contributed by atoms with van der Waals surface area (Å²) in [6, 6.07) is 64.9. The van der Waals surface area contributed by atoms with Crippen LogP contribution in [0.1, 0.15) is 88.5 Å². The van der Waals surface area contributed by atoms with Gasteiger partial charge in [-0.25, -0.2) is 39.9 Å². The van der Waals surface area contributed by atoms with Crippen LogP contribution in [0.15, 0.2) is 268 Å². The van der Waals surface area contributed by atoms with E-state index in [1.165, 1.54) is 19.3 Å². The quantitative estimate of drug-likeness (QED) is 0.0200. The fourth-order valence-corrected chi connectivity index (χ4v) is 13.4. The van der Waals surface area contributed by atoms with Crippen LogP contribution in [0.4, 0.5) is 46.0 Å². The molecule has 0 atom stereocenters. The fourth-order valence-electron chi connectivity index (χ4n) is 13.3. The Labute approximate surface area is 831 Å². The number of morpholine rings is 1. The number of rotatable bonds is 24. The molecule has 0 unspecified atom stereocenters. The lowest BCUT2D eigenvalue weighted by Gasteiger charge is -2.26. The Balaban J connectivity index is 0.000000193. The number of anilines is 8. The highest BCUT2D eigenvalue weighted by Crippen LogP contribution is 2.37. The molecule has 18 rings (SSSR count). The second-order valence-electron chi connectivity index (χ2n) is 28.9. The zero-order valence-electron chi connectivity index (χ0n) is 71.7. The number of amides is 4. The van der Waals surface area contributed by atoms with Crippen molar-refractivity contribution in [3.05, 3.63) is 296 Å². The van der Waals surface area contributed by atoms with Gasteiger partial charge in [0.1, 0.15) is 53.7 Å². The molecule has 0 radical (unpaired) electrons. The zero-order valence-corrected chi connectivity index (χ0v) is 79.5. The molecular formula is C99H102BBr4Cl2N21O9. The molecule has 0 aliphatic carbocycles. The van der Waals surface area contributed by atoms with Crippen molar-refractivity contribution in [2.45, 2.75) is 48.5 Å². The normalized spacial score (nSPS) is 11.7. The van der Waals surface area contributed by atoms with Crippen LogP contribution in [0.25, 0.3) is 89.2 Å². The molecule has 10 heterocycles. The summed E-state index contributed by atoms with van der Waals surface area (Å²) in [5.74, 6) is 4.60. The van der Waals surface area contributed by atoms with Gasteiger partial charge in [0, 0.05) is 137 Å². The molecule has 2 fully saturated rings. The van der Waals surface area contributed by atoms with E-state index in [1.54, 1.807) is 153 Å². The number of nitrogens with one attached hydrogen (secondary N) is 4. The third kappa shape index (κ3) is 31.1. The molecule has 0 bridgehead atoms. The number of nitrogens with two attached hydrogens (primary N) is 4. The first kappa shape index (κ1) is 106. The maximum atomic E-state index is 12.0. The molecular weight excluding hydrogens is 2030 g/mol. The van der Waals surface area contributed by atoms with Crippen LogP contribution >= 0.6 is 86.4 Å². The van der Waals surface area contributed by atoms with Crippen molar-refractivity contribution in [1.29, 1.82) is 0 Å². The van der Waals surface area contributed by atoms with Crippen LogP contribution in [-0.4, -0.2) is 173 Å². The molecule has 8 aromatic heterocycles. The molecule has 30 nitrogen and oxygen atoms in total. The van der Waals surface area contributed by atoms with Gasteiger partial charge >= 0.3 is 3.18 Å². The predicted molar refractivity (Wildman–Crippen MR) is 561 cm³/mol. The van der Waals surface area contributed by atoms with Gasteiger partial charge in [-0.2, -0.15) is 0 Å². The van der Waals surface area contributed by atoms with Gasteiger partial charge in [0.2, 0.25) is 0 Å². The lowest BCUT2D eigenvalue weighted by Crippen LogP contribution is -2.38. The topological polar surface area (TPSA) is 436 Å². The number of halogens is 6. The van der Waals surface area contributed by atoms with E-state index in [0.717, 1.165) is 112 Å². The van der Waals surface area contributed by atoms with E-state index in [2.05, 4.69) is 129 Å². The number of aromatic nitrogens is 12. The molecule has 2 aliphatic heterocycles. The average Bonchev–Trinajstić information content (AvgIpc) is 0.795. The average molecular weight is 2130 g/mol. The number of carbonyl (C=O) groups is 4. The van der Waals surface area contributed by atoms with Gasteiger partial charge in [-0.05, 0) is 190 Å². The first-order valence-corrected chi connectivity index (χ1v) is 46.6. The van der Waals surface area contributed by atoms with Gasteiger partial charge in [0.05, 0.1) is 86.2 Å². The standard InChI is InChI=1S/C26H26N6O3.C22H18ClN5O2.C21H17N5O.C20H15N5O2.C5H10O.C2H4BrCl.3CH4.BBr3/c27-24(33)20-5-1-2-6-22(20)30-26-21-16-19(35-15-12-32-10-13-34-14-11-32)7-8-23(21)29-25(31-26)18-4-3-9-28-17-18;23-9-11-30-15-7-8-19-17(12-15)22(27-18-6-2-1-5-16(18)20(24)29)28-21(26-19)14-4-3-10-25-13-14;1-13-8-9-18-16(11-13)21(25-17-7-3-2-6-15(17)19(22)27)26-20(24-18)14-5-4-10-23-12-14;21-18(27)14-5-1-2-6-16(14)24-20-15-10-13(26)7-8-17(15)23-19(25-20)12-4-3-9-22-11-12;1-2-4-6-5-3-1;3-1-2-4;;;;2-1(3)4/h1-9,16-17H,10-15H2,(H2,27,33)(H,29,30,31);1-8,10,12-13H,9,11H2,(H2,24,29)(H,26,27,28);2-12H,1H3,(H2,22,27)(H,24,25,26);1-11,26H,(H2,21,27)(H,23,24,25);1-5H2;1-2H2;3*1H4;. The summed E-state index contributed by atoms with van der Waals surface area (Å²) in [6.07, 6.45) is 17.5. The van der Waals surface area contributed by atoms with E-state index < -0.39 is 23.6 Å². The maximum absolute atomic E-state index is 12.0. The van der Waals surface area contributed by atoms with Crippen molar-refractivity contribution in [3.63, 3.8) is 0 Å². The first-order chi connectivity index (χ1) is 64.7. The molecule has 16 aromatic rings. The summed E-state index contributed by atoms with van der Waals surface area (Å²) in [6.45, 7) is 9.13. The van der Waals surface area contributed by atoms with Gasteiger partial charge in [0.15, 0.2) is 23.3 Å². The van der Waals surface area contributed by atoms with Crippen molar-refractivity contribution in [3.8, 4) is 62.8 Å². The highest BCUT2D eigenvalue weighted by molar-refractivity contribution is 9.69. The van der Waals surface area contributed by atoms with Crippen molar-refractivity contribution in [2.24, 2.45) is 22.9 Å². The molecule has 136 heavy (non-hydrogen) atoms. The van der Waals surface area contributed by atoms with E-state index >= 15 is 0 Å². The Kier molecular flexibility index (Phi) is 42.9. The lowest BCUT2D eigenvalue weighted by atomic mass is 10.1. The fraction of sp³-hybridized carbons (Fsp3) is 0.192. The third-order valence-electron chi connectivity index (χ3n) is 19.6. The van der Waals surface area contributed by atoms with Crippen LogP contribution in [0, 0.1) is 6.92 Å². The van der Waals surface area contributed by atoms with Gasteiger partial charge in [0.25, 0.3) is 23.6 Å². The van der Waals surface area contributed by atoms with E-state index in [1.807, 2.05) is 122 Å². The Morgan fingerprint density at radius 2 is 0.713 bits per heavy atom. The van der Waals surface area contributed by atoms with Gasteiger partial charge in [-0.1, -0.05) is 98.4 Å². The number of para-hydroxylation sites is 4. The number of phenolic OH excluding ortho intramolecular Hbond substituents is 1. The van der Waals surface area contributed by atoms with Crippen LogP contribution in [0.2, 0.25) is 0 Å². The van der Waals surface area contributed by atoms with E-state index in [0.29, 0.717) is 139 Å². The second kappa shape index (κ2) is 54.9. The number of aryl methyl sites for hydroxylation is 1. The van der Waals surface area contributed by atoms with Gasteiger partial charge in [-0.15, -0.1) is 70.5 Å². The predicted octanol–water partition coefficient (Wildman–Crippen LogP) is 21.4. The minimum Gasteiger partial charge on any atom is -0.508 e. The number of hydrogen-bond acceptors (Lipinski definition) is 26. The second-order valence-corrected chi connectivity index (χ2v) is 36.9. The van der Waals surface area contributed by atoms with Crippen LogP contribution in [0.3, 0.4) is 0 Å². The summed E-state index contributed by atoms with van der Waals surface area (Å²) < 4.78 is 22.4. The number of primary amides is 4. The lowest BCUT2D eigenvalue weighted by molar-refractivity contribution is 0.0322. The molecule has 8 aromatic carbocycles. The van der Waals surface area contributed by atoms with Crippen LogP contribution in [0.5, 0.6) is 17.2 Å². The summed E-state index contributed by atoms with van der Waals surface area (Å²) in [5, 5.41) is 26.7. The number of carbonyl (C=O) groups excluding carboxylic acids is 4. The van der Waals surface area contributed by atoms with Crippen molar-refractivity contribution >= 4 is 203 Å². The number of pyridine rings is 4. The SMILES string of the molecule is BrB(Br)Br.C.C.C.C1CCOCC1.Cc1ccc2nc(-c3cccnc3)nc(Nc3ccccc3C(N)=O)c2c1.ClCCBr.NC(=O)c1ccccc1Nc1nc(-c2cccnc2)nc2ccc(O)cc12.NC(=O)c1ccccc1Nc1nc(-c2cccnc2)nc2ccc(OCCCl)cc12.NC(=O)c1ccccc1Nc1nc(-c2cccnc2)nc2ccc(OCCN3CCOCC3)cc12. The molecule has 13 N–H and O–H groups in total. The van der Waals surface area contributed by atoms with Crippen molar-refractivity contribution in [1.82, 2.24) is 64.7 Å². The smallest absolute Gasteiger partial charge is 0.369 e. The molecule has 0 spiro atoms. The molecule has 702 valence electrons. The molecule has 4 amide bonds. The Bertz CT molecular complexity index is 6410. The summed E-state index contributed by atoms with van der Waals surface area (Å²) in [5.41, 5.74) is 32.9. The number of fused-ring (bicyclic) bond motifs is 4. The Morgan fingerprint density at radius 1 is 0.404 bits per heavy atom. The van der Waals surface area contributed by atoms with Crippen molar-refractivity contribution in [2.75, 3.05) is 97.6 Å². The number of alkyl halides is 3. The number of phenols is 1. The monoisotopic (exact) mass is 2130 g/mol. The van der Waals surface area contributed by atoms with Crippen LogP contribution in [-0.2, 0) is 9.47 Å². The summed E-state index contributed by atoms with van der Waals surface area (Å²) >= 11 is 23.3. The van der Waals surface area contributed by atoms with Crippen molar-refractivity contribution < 1.29 is 43.2 Å². The number of hydrogen-bond donors (Lipinski definition) is 9. The number of benzene rings is 8. The largest absolute Gasteiger partial charge is 0.508 e. The minimum absolute atomic E-state index is 0. The number of ether oxygens (including phenoxy) is 4. The number of aromatic hydroxyl groups is 1.